The van der Waals surface area contributed by atoms with E-state index in [1.807, 2.05) is 0 Å². The first-order valence-electron chi connectivity index (χ1n) is 5.52. The summed E-state index contributed by atoms with van der Waals surface area (Å²) < 4.78 is 4.88. The van der Waals surface area contributed by atoms with E-state index in [0.29, 0.717) is 11.1 Å². The highest BCUT2D eigenvalue weighted by atomic mass is 16.5. The number of phenols is 1. The number of rotatable bonds is 3. The summed E-state index contributed by atoms with van der Waals surface area (Å²) in [5.41, 5.74) is 1.50. The van der Waals surface area contributed by atoms with E-state index in [-0.39, 0.29) is 23.7 Å². The quantitative estimate of drug-likeness (QED) is 0.805. The molecule has 0 spiro atoms. The zero-order chi connectivity index (χ0) is 13.1. The van der Waals surface area contributed by atoms with E-state index in [1.165, 1.54) is 0 Å². The number of aromatic amines is 1. The molecule has 0 radical (unpaired) electrons. The van der Waals surface area contributed by atoms with Crippen molar-refractivity contribution in [2.45, 2.75) is 13.8 Å². The molecule has 6 nitrogen and oxygen atoms in total. The molecule has 0 aliphatic carbocycles. The van der Waals surface area contributed by atoms with Crippen LogP contribution in [-0.4, -0.2) is 33.1 Å². The largest absolute Gasteiger partial charge is 0.507 e. The highest BCUT2D eigenvalue weighted by Crippen LogP contribution is 2.31. The molecular weight excluding hydrogens is 234 g/mol. The number of carbonyl (C=O) groups is 1. The minimum atomic E-state index is -0.567. The molecule has 1 aromatic carbocycles. The number of aromatic nitrogens is 3. The maximum atomic E-state index is 11.7. The van der Waals surface area contributed by atoms with Crippen molar-refractivity contribution < 1.29 is 14.6 Å². The van der Waals surface area contributed by atoms with E-state index in [4.69, 9.17) is 4.74 Å². The zero-order valence-electron chi connectivity index (χ0n) is 10.1. The van der Waals surface area contributed by atoms with Crippen LogP contribution in [0.4, 0.5) is 0 Å². The van der Waals surface area contributed by atoms with Crippen molar-refractivity contribution in [3.8, 4) is 17.0 Å². The fraction of sp³-hybridized carbons (Fsp3) is 0.250. The minimum Gasteiger partial charge on any atom is -0.507 e. The smallest absolute Gasteiger partial charge is 0.361 e. The maximum absolute atomic E-state index is 11.7. The Kier molecular flexibility index (Phi) is 3.27. The Hall–Kier alpha value is -2.37. The number of phenolic OH excluding ortho intramolecular Hbond substituents is 1. The van der Waals surface area contributed by atoms with E-state index in [0.717, 1.165) is 0 Å². The van der Waals surface area contributed by atoms with Crippen LogP contribution in [0.3, 0.4) is 0 Å². The third-order valence-corrected chi connectivity index (χ3v) is 2.51. The monoisotopic (exact) mass is 247 g/mol. The van der Waals surface area contributed by atoms with Crippen LogP contribution in [0.25, 0.3) is 11.3 Å². The third kappa shape index (κ3) is 2.04. The summed E-state index contributed by atoms with van der Waals surface area (Å²) in [5, 5.41) is 20.0. The Bertz CT molecular complexity index is 578. The summed E-state index contributed by atoms with van der Waals surface area (Å²) in [4.78, 5) is 11.7. The molecule has 0 fully saturated rings. The van der Waals surface area contributed by atoms with Crippen molar-refractivity contribution in [2.24, 2.45) is 0 Å². The molecule has 6 heteroatoms. The Morgan fingerprint density at radius 3 is 2.94 bits per heavy atom. The predicted octanol–water partition coefficient (Wildman–Crippen LogP) is 1.66. The van der Waals surface area contributed by atoms with Crippen LogP contribution >= 0.6 is 0 Å². The van der Waals surface area contributed by atoms with Crippen LogP contribution in [-0.2, 0) is 4.74 Å². The number of nitrogens with one attached hydrogen (secondary N) is 1. The van der Waals surface area contributed by atoms with E-state index in [9.17, 15) is 9.90 Å². The number of aromatic hydroxyl groups is 1. The van der Waals surface area contributed by atoms with E-state index < -0.39 is 5.97 Å². The van der Waals surface area contributed by atoms with Crippen molar-refractivity contribution in [1.82, 2.24) is 15.4 Å². The summed E-state index contributed by atoms with van der Waals surface area (Å²) in [5.74, 6) is -0.487. The molecule has 0 atom stereocenters. The molecule has 0 aliphatic rings. The van der Waals surface area contributed by atoms with Gasteiger partial charge in [-0.3, -0.25) is 0 Å². The number of benzene rings is 1. The number of hydrogen-bond donors (Lipinski definition) is 2. The molecule has 0 aliphatic heterocycles. The van der Waals surface area contributed by atoms with Gasteiger partial charge < -0.3 is 9.84 Å². The lowest BCUT2D eigenvalue weighted by atomic mass is 10.1. The van der Waals surface area contributed by atoms with Crippen molar-refractivity contribution in [3.05, 3.63) is 29.5 Å². The second kappa shape index (κ2) is 4.87. The van der Waals surface area contributed by atoms with Gasteiger partial charge in [0, 0.05) is 5.56 Å². The number of hydrogen-bond acceptors (Lipinski definition) is 5. The number of aryl methyl sites for hydroxylation is 1. The molecule has 0 saturated heterocycles. The van der Waals surface area contributed by atoms with Crippen LogP contribution in [0.2, 0.25) is 0 Å². The van der Waals surface area contributed by atoms with Crippen LogP contribution in [0, 0.1) is 6.92 Å². The van der Waals surface area contributed by atoms with Gasteiger partial charge in [0.05, 0.1) is 6.61 Å². The highest BCUT2D eigenvalue weighted by Gasteiger charge is 2.21. The van der Waals surface area contributed by atoms with Crippen molar-refractivity contribution in [1.29, 1.82) is 0 Å². The molecule has 2 rings (SSSR count). The van der Waals surface area contributed by atoms with Gasteiger partial charge in [-0.05, 0) is 25.5 Å². The summed E-state index contributed by atoms with van der Waals surface area (Å²) >= 11 is 0. The molecule has 0 unspecified atom stereocenters. The average Bonchev–Trinajstić information content (AvgIpc) is 2.82. The number of nitrogens with zero attached hydrogens (tertiary/aromatic N) is 2. The van der Waals surface area contributed by atoms with Gasteiger partial charge in [0.1, 0.15) is 11.4 Å². The van der Waals surface area contributed by atoms with Crippen molar-refractivity contribution in [2.75, 3.05) is 6.61 Å². The second-order valence-electron chi connectivity index (χ2n) is 3.71. The first kappa shape index (κ1) is 12.1. The van der Waals surface area contributed by atoms with E-state index in [1.54, 1.807) is 32.0 Å². The molecule has 18 heavy (non-hydrogen) atoms. The number of esters is 1. The van der Waals surface area contributed by atoms with Crippen LogP contribution < -0.4 is 0 Å². The summed E-state index contributed by atoms with van der Waals surface area (Å²) in [7, 11) is 0. The lowest BCUT2D eigenvalue weighted by molar-refractivity contribution is 0.0520. The van der Waals surface area contributed by atoms with Gasteiger partial charge in [-0.2, -0.15) is 10.3 Å². The Morgan fingerprint density at radius 1 is 1.44 bits per heavy atom. The third-order valence-electron chi connectivity index (χ3n) is 2.51. The zero-order valence-corrected chi connectivity index (χ0v) is 10.1. The highest BCUT2D eigenvalue weighted by molar-refractivity contribution is 5.94. The normalized spacial score (nSPS) is 10.3. The molecule has 2 aromatic rings. The Morgan fingerprint density at radius 2 is 2.22 bits per heavy atom. The van der Waals surface area contributed by atoms with Crippen molar-refractivity contribution >= 4 is 5.97 Å². The summed E-state index contributed by atoms with van der Waals surface area (Å²) in [6, 6.07) is 5.21. The number of para-hydroxylation sites is 1. The van der Waals surface area contributed by atoms with Gasteiger partial charge >= 0.3 is 5.97 Å². The van der Waals surface area contributed by atoms with Crippen molar-refractivity contribution in [3.63, 3.8) is 0 Å². The molecule has 94 valence electrons. The average molecular weight is 247 g/mol. The minimum absolute atomic E-state index is 0.0674. The lowest BCUT2D eigenvalue weighted by Gasteiger charge is -2.05. The molecule has 1 aromatic heterocycles. The van der Waals surface area contributed by atoms with Gasteiger partial charge in [-0.1, -0.05) is 12.1 Å². The van der Waals surface area contributed by atoms with Gasteiger partial charge in [-0.25, -0.2) is 4.79 Å². The molecule has 0 saturated carbocycles. The van der Waals surface area contributed by atoms with E-state index in [2.05, 4.69) is 15.4 Å². The fourth-order valence-electron chi connectivity index (χ4n) is 1.61. The number of ether oxygens (including phenoxy) is 1. The number of carbonyl (C=O) groups excluding carboxylic acids is 1. The molecular formula is C12H13N3O3. The first-order chi connectivity index (χ1) is 8.65. The first-order valence-corrected chi connectivity index (χ1v) is 5.52. The van der Waals surface area contributed by atoms with Crippen LogP contribution in [0.15, 0.2) is 18.2 Å². The number of H-pyrrole nitrogens is 1. The van der Waals surface area contributed by atoms with Gasteiger partial charge in [0.15, 0.2) is 5.69 Å². The van der Waals surface area contributed by atoms with Gasteiger partial charge in [-0.15, -0.1) is 5.10 Å². The molecule has 0 amide bonds. The SMILES string of the molecule is CCOC(=O)c1n[nH]nc1-c1cccc(C)c1O. The fourth-order valence-corrected chi connectivity index (χ4v) is 1.61. The van der Waals surface area contributed by atoms with Crippen LogP contribution in [0.1, 0.15) is 23.0 Å². The molecule has 1 heterocycles. The summed E-state index contributed by atoms with van der Waals surface area (Å²) in [6.45, 7) is 3.73. The maximum Gasteiger partial charge on any atom is 0.361 e. The summed E-state index contributed by atoms with van der Waals surface area (Å²) in [6.07, 6.45) is 0. The second-order valence-corrected chi connectivity index (χ2v) is 3.71. The molecule has 0 bridgehead atoms. The van der Waals surface area contributed by atoms with E-state index >= 15 is 0 Å². The van der Waals surface area contributed by atoms with Crippen LogP contribution in [0.5, 0.6) is 5.75 Å². The topological polar surface area (TPSA) is 88.1 Å². The molecule has 2 N–H and O–H groups in total. The van der Waals surface area contributed by atoms with Gasteiger partial charge in [0.25, 0.3) is 0 Å². The Balaban J connectivity index is 2.49. The standard InChI is InChI=1S/C12H13N3O3/c1-3-18-12(17)10-9(13-15-14-10)8-6-4-5-7(2)11(8)16/h4-6,16H,3H2,1-2H3,(H,13,14,15). The predicted molar refractivity (Wildman–Crippen MR) is 64.2 cm³/mol. The lowest BCUT2D eigenvalue weighted by Crippen LogP contribution is -2.06. The Labute approximate surface area is 104 Å². The van der Waals surface area contributed by atoms with Gasteiger partial charge in [0.2, 0.25) is 0 Å².